The highest BCUT2D eigenvalue weighted by molar-refractivity contribution is 5.76. The third-order valence-electron chi connectivity index (χ3n) is 3.26. The first-order valence-electron chi connectivity index (χ1n) is 6.81. The van der Waals surface area contributed by atoms with Crippen molar-refractivity contribution in [3.8, 4) is 11.3 Å². The molecule has 4 nitrogen and oxygen atoms in total. The van der Waals surface area contributed by atoms with Crippen LogP contribution in [0.2, 0.25) is 0 Å². The highest BCUT2D eigenvalue weighted by Gasteiger charge is 2.23. The average molecular weight is 292 g/mol. The lowest BCUT2D eigenvalue weighted by atomic mass is 10.2. The second-order valence-corrected chi connectivity index (χ2v) is 5.08. The van der Waals surface area contributed by atoms with E-state index in [-0.39, 0.29) is 23.7 Å². The number of rotatable bonds is 5. The summed E-state index contributed by atoms with van der Waals surface area (Å²) < 4.78 is 31.9. The number of halogens is 2. The second kappa shape index (κ2) is 5.63. The Kier molecular flexibility index (Phi) is 3.68. The van der Waals surface area contributed by atoms with Gasteiger partial charge in [-0.05, 0) is 25.0 Å². The van der Waals surface area contributed by atoms with E-state index in [1.165, 1.54) is 12.3 Å². The monoisotopic (exact) mass is 292 g/mol. The summed E-state index contributed by atoms with van der Waals surface area (Å²) in [6.07, 6.45) is 4.09. The topological polar surface area (TPSA) is 55.1 Å². The average Bonchev–Trinajstić information content (AvgIpc) is 3.12. The van der Waals surface area contributed by atoms with Crippen molar-refractivity contribution in [1.82, 2.24) is 10.3 Å². The second-order valence-electron chi connectivity index (χ2n) is 5.08. The van der Waals surface area contributed by atoms with E-state index in [1.54, 1.807) is 0 Å². The molecule has 3 rings (SSSR count). The summed E-state index contributed by atoms with van der Waals surface area (Å²) in [6, 6.07) is 3.57. The molecule has 1 heterocycles. The minimum absolute atomic E-state index is 0.0368. The predicted molar refractivity (Wildman–Crippen MR) is 71.3 cm³/mol. The van der Waals surface area contributed by atoms with E-state index < -0.39 is 11.6 Å². The first-order valence-corrected chi connectivity index (χ1v) is 6.81. The zero-order chi connectivity index (χ0) is 14.8. The van der Waals surface area contributed by atoms with E-state index in [0.29, 0.717) is 18.4 Å². The van der Waals surface area contributed by atoms with Crippen molar-refractivity contribution in [3.05, 3.63) is 41.9 Å². The number of hydrogen-bond donors (Lipinski definition) is 1. The maximum Gasteiger partial charge on any atom is 0.220 e. The van der Waals surface area contributed by atoms with E-state index in [4.69, 9.17) is 4.42 Å². The largest absolute Gasteiger partial charge is 0.441 e. The molecule has 0 aliphatic heterocycles. The number of oxazole rings is 1. The molecule has 0 radical (unpaired) electrons. The van der Waals surface area contributed by atoms with Crippen molar-refractivity contribution in [2.75, 3.05) is 0 Å². The molecule has 0 saturated heterocycles. The number of hydrogen-bond acceptors (Lipinski definition) is 3. The fourth-order valence-corrected chi connectivity index (χ4v) is 1.99. The lowest BCUT2D eigenvalue weighted by Crippen LogP contribution is -2.25. The number of aromatic nitrogens is 1. The minimum Gasteiger partial charge on any atom is -0.441 e. The van der Waals surface area contributed by atoms with Gasteiger partial charge in [0.15, 0.2) is 11.7 Å². The van der Waals surface area contributed by atoms with Crippen molar-refractivity contribution in [3.63, 3.8) is 0 Å². The Morgan fingerprint density at radius 3 is 2.90 bits per heavy atom. The maximum atomic E-state index is 13.6. The van der Waals surface area contributed by atoms with Crippen molar-refractivity contribution in [2.24, 2.45) is 0 Å². The number of nitrogens with zero attached hydrogens (tertiary/aromatic N) is 1. The molecule has 6 heteroatoms. The van der Waals surface area contributed by atoms with E-state index >= 15 is 0 Å². The Morgan fingerprint density at radius 1 is 1.38 bits per heavy atom. The van der Waals surface area contributed by atoms with Gasteiger partial charge in [0.1, 0.15) is 11.6 Å². The fourth-order valence-electron chi connectivity index (χ4n) is 1.99. The summed E-state index contributed by atoms with van der Waals surface area (Å²) in [5.41, 5.74) is 0.151. The highest BCUT2D eigenvalue weighted by Crippen LogP contribution is 2.24. The van der Waals surface area contributed by atoms with Crippen LogP contribution in [0.4, 0.5) is 8.78 Å². The normalized spacial score (nSPS) is 14.2. The molecule has 2 aromatic rings. The van der Waals surface area contributed by atoms with Crippen LogP contribution < -0.4 is 5.32 Å². The van der Waals surface area contributed by atoms with E-state index in [9.17, 15) is 13.6 Å². The van der Waals surface area contributed by atoms with Gasteiger partial charge in [-0.25, -0.2) is 13.8 Å². The summed E-state index contributed by atoms with van der Waals surface area (Å²) in [5.74, 6) is -0.799. The SMILES string of the molecule is O=C(CCc1ncc(-c2ccc(F)cc2F)o1)NC1CC1. The van der Waals surface area contributed by atoms with Gasteiger partial charge >= 0.3 is 0 Å². The Labute approximate surface area is 120 Å². The molecule has 110 valence electrons. The molecule has 1 saturated carbocycles. The van der Waals surface area contributed by atoms with E-state index in [1.807, 2.05) is 0 Å². The third kappa shape index (κ3) is 3.45. The lowest BCUT2D eigenvalue weighted by Gasteiger charge is -2.01. The van der Waals surface area contributed by atoms with Crippen LogP contribution in [-0.2, 0) is 11.2 Å². The Bertz CT molecular complexity index is 665. The predicted octanol–water partition coefficient (Wildman–Crippen LogP) is 2.83. The zero-order valence-electron chi connectivity index (χ0n) is 11.2. The van der Waals surface area contributed by atoms with Gasteiger partial charge < -0.3 is 9.73 Å². The van der Waals surface area contributed by atoms with Crippen LogP contribution in [0.25, 0.3) is 11.3 Å². The molecule has 1 aliphatic carbocycles. The number of amides is 1. The van der Waals surface area contributed by atoms with Crippen LogP contribution in [0.15, 0.2) is 28.8 Å². The molecule has 1 aliphatic rings. The molecular formula is C15H14F2N2O2. The van der Waals surface area contributed by atoms with Crippen LogP contribution in [-0.4, -0.2) is 16.9 Å². The molecular weight excluding hydrogens is 278 g/mol. The number of carbonyl (C=O) groups is 1. The van der Waals surface area contributed by atoms with Gasteiger partial charge in [0.25, 0.3) is 0 Å². The quantitative estimate of drug-likeness (QED) is 0.922. The molecule has 0 atom stereocenters. The van der Waals surface area contributed by atoms with Gasteiger partial charge in [-0.3, -0.25) is 4.79 Å². The molecule has 21 heavy (non-hydrogen) atoms. The standard InChI is InChI=1S/C15H14F2N2O2/c16-9-1-4-11(12(17)7-9)13-8-18-15(21-13)6-5-14(20)19-10-2-3-10/h1,4,7-8,10H,2-3,5-6H2,(H,19,20). The number of benzene rings is 1. The number of aryl methyl sites for hydroxylation is 1. The molecule has 1 fully saturated rings. The summed E-state index contributed by atoms with van der Waals surface area (Å²) in [5, 5.41) is 2.87. The first kappa shape index (κ1) is 13.7. The van der Waals surface area contributed by atoms with Gasteiger partial charge in [-0.15, -0.1) is 0 Å². The van der Waals surface area contributed by atoms with Gasteiger partial charge in [-0.2, -0.15) is 0 Å². The zero-order valence-corrected chi connectivity index (χ0v) is 11.2. The van der Waals surface area contributed by atoms with Crippen molar-refractivity contribution in [2.45, 2.75) is 31.7 Å². The molecule has 0 bridgehead atoms. The summed E-state index contributed by atoms with van der Waals surface area (Å²) in [7, 11) is 0. The summed E-state index contributed by atoms with van der Waals surface area (Å²) in [4.78, 5) is 15.6. The van der Waals surface area contributed by atoms with Crippen LogP contribution >= 0.6 is 0 Å². The maximum absolute atomic E-state index is 13.6. The van der Waals surface area contributed by atoms with Crippen LogP contribution in [0.3, 0.4) is 0 Å². The highest BCUT2D eigenvalue weighted by atomic mass is 19.1. The molecule has 1 N–H and O–H groups in total. The Balaban J connectivity index is 1.63. The fraction of sp³-hybridized carbons (Fsp3) is 0.333. The molecule has 0 spiro atoms. The smallest absolute Gasteiger partial charge is 0.220 e. The van der Waals surface area contributed by atoms with Crippen molar-refractivity contribution < 1.29 is 18.0 Å². The Morgan fingerprint density at radius 2 is 2.19 bits per heavy atom. The molecule has 0 unspecified atom stereocenters. The molecule has 1 amide bonds. The number of carbonyl (C=O) groups excluding carboxylic acids is 1. The first-order chi connectivity index (χ1) is 10.1. The minimum atomic E-state index is -0.704. The van der Waals surface area contributed by atoms with Crippen LogP contribution in [0.5, 0.6) is 0 Å². The van der Waals surface area contributed by atoms with Crippen molar-refractivity contribution in [1.29, 1.82) is 0 Å². The summed E-state index contributed by atoms with van der Waals surface area (Å²) >= 11 is 0. The van der Waals surface area contributed by atoms with Gasteiger partial charge in [0, 0.05) is 24.9 Å². The van der Waals surface area contributed by atoms with Gasteiger partial charge in [0.05, 0.1) is 11.8 Å². The molecule has 1 aromatic carbocycles. The van der Waals surface area contributed by atoms with E-state index in [0.717, 1.165) is 25.0 Å². The van der Waals surface area contributed by atoms with Gasteiger partial charge in [-0.1, -0.05) is 0 Å². The van der Waals surface area contributed by atoms with Crippen LogP contribution in [0.1, 0.15) is 25.2 Å². The number of nitrogens with one attached hydrogen (secondary N) is 1. The van der Waals surface area contributed by atoms with Gasteiger partial charge in [0.2, 0.25) is 5.91 Å². The third-order valence-corrected chi connectivity index (χ3v) is 3.26. The van der Waals surface area contributed by atoms with Crippen LogP contribution in [0, 0.1) is 11.6 Å². The summed E-state index contributed by atoms with van der Waals surface area (Å²) in [6.45, 7) is 0. The Hall–Kier alpha value is -2.24. The van der Waals surface area contributed by atoms with Crippen molar-refractivity contribution >= 4 is 5.91 Å². The lowest BCUT2D eigenvalue weighted by molar-refractivity contribution is -0.121. The van der Waals surface area contributed by atoms with E-state index in [2.05, 4.69) is 10.3 Å². The molecule has 1 aromatic heterocycles.